The number of esters is 1. The first-order valence-electron chi connectivity index (χ1n) is 26.4. The highest BCUT2D eigenvalue weighted by molar-refractivity contribution is 5.90. The number of ether oxygens (including phenoxy) is 13. The van der Waals surface area contributed by atoms with E-state index >= 15 is 0 Å². The summed E-state index contributed by atoms with van der Waals surface area (Å²) in [5.74, 6) is -1.12. The van der Waals surface area contributed by atoms with E-state index in [1.807, 2.05) is 36.4 Å². The van der Waals surface area contributed by atoms with Crippen molar-refractivity contribution in [2.45, 2.75) is 184 Å². The van der Waals surface area contributed by atoms with Crippen molar-refractivity contribution < 1.29 is 153 Å². The van der Waals surface area contributed by atoms with Crippen LogP contribution in [0.5, 0.6) is 0 Å². The van der Waals surface area contributed by atoms with Crippen LogP contribution in [-0.2, 0) is 61.6 Å². The highest BCUT2D eigenvalue weighted by Crippen LogP contribution is 2.39. The summed E-state index contributed by atoms with van der Waals surface area (Å²) < 4.78 is 75.6. The van der Waals surface area contributed by atoms with Crippen LogP contribution in [0.15, 0.2) is 54.6 Å². The zero-order valence-electron chi connectivity index (χ0n) is 43.2. The van der Waals surface area contributed by atoms with Crippen LogP contribution in [0.25, 0.3) is 12.2 Å². The van der Waals surface area contributed by atoms with Gasteiger partial charge in [-0.3, -0.25) is 0 Å². The molecular weight excluding hydrogens is 1110 g/mol. The number of aliphatic hydroxyl groups excluding tert-OH is 17. The molecule has 2 aromatic carbocycles. The summed E-state index contributed by atoms with van der Waals surface area (Å²) >= 11 is 0. The lowest BCUT2D eigenvalue weighted by atomic mass is 9.94. The molecule has 22 heterocycles. The third kappa shape index (κ3) is 12.9. The molecule has 30 atom stereocenters. The Balaban J connectivity index is 1.03. The van der Waals surface area contributed by atoms with E-state index in [-0.39, 0.29) is 5.56 Å². The molecule has 2 aromatic rings. The highest BCUT2D eigenvalue weighted by atomic mass is 16.8. The van der Waals surface area contributed by atoms with Crippen LogP contribution in [0.3, 0.4) is 0 Å². The second-order valence-corrected chi connectivity index (χ2v) is 20.6. The summed E-state index contributed by atoms with van der Waals surface area (Å²) in [6.07, 6.45) is -56.5. The first-order chi connectivity index (χ1) is 39.3. The van der Waals surface area contributed by atoms with E-state index in [1.54, 1.807) is 18.2 Å². The topological polar surface area (TPSA) is 481 Å². The van der Waals surface area contributed by atoms with Gasteiger partial charge in [0.15, 0.2) is 43.8 Å². The zero-order valence-corrected chi connectivity index (χ0v) is 43.2. The molecular formula is C51H70O31. The Kier molecular flexibility index (Phi) is 21.1. The van der Waals surface area contributed by atoms with Crippen LogP contribution in [0.4, 0.5) is 0 Å². The lowest BCUT2D eigenvalue weighted by Crippen LogP contribution is -2.69. The molecule has 82 heavy (non-hydrogen) atoms. The van der Waals surface area contributed by atoms with Gasteiger partial charge < -0.3 is 148 Å². The van der Waals surface area contributed by atoms with Crippen LogP contribution >= 0.6 is 0 Å². The van der Waals surface area contributed by atoms with Crippen molar-refractivity contribution >= 4 is 18.1 Å². The van der Waals surface area contributed by atoms with Crippen LogP contribution in [-0.4, -0.2) is 317 Å². The Morgan fingerprint density at radius 2 is 0.585 bits per heavy atom. The zero-order chi connectivity index (χ0) is 58.8. The normalized spacial score (nSPS) is 46.8. The van der Waals surface area contributed by atoms with Crippen molar-refractivity contribution in [3.63, 3.8) is 0 Å². The van der Waals surface area contributed by atoms with Gasteiger partial charge in [0.25, 0.3) is 0 Å². The molecule has 22 saturated heterocycles. The van der Waals surface area contributed by atoms with Crippen molar-refractivity contribution in [2.24, 2.45) is 0 Å². The van der Waals surface area contributed by atoms with E-state index in [0.29, 0.717) is 5.56 Å². The number of hydrogen-bond donors (Lipinski definition) is 17. The minimum atomic E-state index is -2.24. The van der Waals surface area contributed by atoms with E-state index in [2.05, 4.69) is 0 Å². The fraction of sp³-hybridized carbons (Fsp3) is 0.706. The SMILES string of the molecule is O=C(O[C@@H]1[C@@H](O)[C@H]2O[C@H]3[C@H](O)[C@@H](O)[C@@H](O[C@H]4[C@H](O)[C@@H](O)[C@@H](O[C@H]5[C@H](O)[C@@H](O)[C@@H](O[C@H]6[C@H](O)[C@@H](O)[C@@H](O[C@H]7[C@H](O)[C@@H](O)[C@@H](O[C@@H]1[C@@H](CO)O2)O[C@@H]7CO)O[C@@H]6CO)O[C@@H]5CO)O[C@@H]4CO)O[C@@H]3CO)c1ccc(/C=C\c2ccccc2)cc1. The van der Waals surface area contributed by atoms with Gasteiger partial charge in [-0.2, -0.15) is 0 Å². The molecule has 0 aliphatic carbocycles. The Morgan fingerprint density at radius 3 is 0.878 bits per heavy atom. The smallest absolute Gasteiger partial charge is 0.338 e. The standard InChI is InChI=1S/C51H70O31/c52-12-21-38-27(58)32(63)46(70-21)78-39-22(13-53)72-48(34(65)29(39)60)80-41-24(15-55)74-50(36(67)31(41)62)82-43-26(17-57)75-51(37(68)44(43)76-45(69)20-10-8-19(9-11-20)7-6-18-4-2-1-3-5-18)81-42-25(16-56)73-49(35(66)30(42)61)79-40-23(14-54)71-47(77-38)33(64)28(40)59/h1-11,21-44,46-68H,12-17H2/b7-6-/t21-,22-,23-,24-,25-,26-,27-,28-,29-,30-,31-,32-,33-,34-,35-,36-,37-,38-,39-,40-,41-,42-,43-,44-,46-,47-,48-,49-,50-,51-/m1/s1. The second-order valence-electron chi connectivity index (χ2n) is 20.6. The van der Waals surface area contributed by atoms with E-state index in [4.69, 9.17) is 61.6 Å². The van der Waals surface area contributed by atoms with Crippen molar-refractivity contribution in [1.82, 2.24) is 0 Å². The molecule has 0 saturated carbocycles. The number of aliphatic hydroxyl groups is 17. The summed E-state index contributed by atoms with van der Waals surface area (Å²) in [6.45, 7) is -6.23. The molecule has 22 aliphatic rings. The Hall–Kier alpha value is -3.51. The maximum absolute atomic E-state index is 14.1. The van der Waals surface area contributed by atoms with Crippen LogP contribution in [0, 0.1) is 0 Å². The van der Waals surface area contributed by atoms with Gasteiger partial charge in [0.1, 0.15) is 140 Å². The van der Waals surface area contributed by atoms with Gasteiger partial charge in [-0.25, -0.2) is 4.79 Å². The molecule has 460 valence electrons. The van der Waals surface area contributed by atoms with Crippen LogP contribution in [0.2, 0.25) is 0 Å². The van der Waals surface area contributed by atoms with Gasteiger partial charge in [-0.15, -0.1) is 0 Å². The highest BCUT2D eigenvalue weighted by Gasteiger charge is 2.59. The maximum Gasteiger partial charge on any atom is 0.338 e. The maximum atomic E-state index is 14.1. The summed E-state index contributed by atoms with van der Waals surface area (Å²) in [4.78, 5) is 14.1. The van der Waals surface area contributed by atoms with E-state index in [0.717, 1.165) is 5.56 Å². The lowest BCUT2D eigenvalue weighted by Gasteiger charge is -2.51. The fourth-order valence-corrected chi connectivity index (χ4v) is 10.7. The van der Waals surface area contributed by atoms with Gasteiger partial charge in [0, 0.05) is 0 Å². The number of hydrogen-bond acceptors (Lipinski definition) is 31. The summed E-state index contributed by atoms with van der Waals surface area (Å²) in [7, 11) is 0. The van der Waals surface area contributed by atoms with Crippen LogP contribution < -0.4 is 0 Å². The summed E-state index contributed by atoms with van der Waals surface area (Å²) in [5.41, 5.74) is 1.45. The first-order valence-corrected chi connectivity index (χ1v) is 26.4. The van der Waals surface area contributed by atoms with Gasteiger partial charge in [-0.1, -0.05) is 54.6 Å². The molecule has 0 aromatic heterocycles. The molecule has 31 nitrogen and oxygen atoms in total. The fourth-order valence-electron chi connectivity index (χ4n) is 10.7. The number of rotatable bonds is 10. The van der Waals surface area contributed by atoms with Gasteiger partial charge in [-0.05, 0) is 23.3 Å². The molecule has 0 amide bonds. The summed E-state index contributed by atoms with van der Waals surface area (Å²) in [5, 5.41) is 190. The number of carbonyl (C=O) groups is 1. The van der Waals surface area contributed by atoms with Gasteiger partial charge >= 0.3 is 5.97 Å². The largest absolute Gasteiger partial charge is 0.453 e. The van der Waals surface area contributed by atoms with E-state index < -0.39 is 230 Å². The monoisotopic (exact) mass is 1180 g/mol. The molecule has 0 unspecified atom stereocenters. The Labute approximate surface area is 465 Å². The molecule has 22 fully saturated rings. The van der Waals surface area contributed by atoms with E-state index in [9.17, 15) is 91.6 Å². The third-order valence-electron chi connectivity index (χ3n) is 15.3. The average Bonchev–Trinajstić information content (AvgIpc) is 3.51. The molecule has 0 radical (unpaired) electrons. The van der Waals surface area contributed by atoms with E-state index in [1.165, 1.54) is 12.1 Å². The Bertz CT molecular complexity index is 2350. The Morgan fingerprint density at radius 1 is 0.329 bits per heavy atom. The minimum Gasteiger partial charge on any atom is -0.453 e. The third-order valence-corrected chi connectivity index (χ3v) is 15.3. The number of carbonyl (C=O) groups excluding carboxylic acids is 1. The predicted molar refractivity (Wildman–Crippen MR) is 261 cm³/mol. The van der Waals surface area contributed by atoms with Gasteiger partial charge in [0.2, 0.25) is 0 Å². The lowest BCUT2D eigenvalue weighted by molar-refractivity contribution is -0.403. The van der Waals surface area contributed by atoms with Crippen LogP contribution in [0.1, 0.15) is 21.5 Å². The molecule has 31 heteroatoms. The molecule has 17 N–H and O–H groups in total. The average molecular weight is 1180 g/mol. The van der Waals surface area contributed by atoms with Crippen molar-refractivity contribution in [3.8, 4) is 0 Å². The molecule has 22 aliphatic heterocycles. The first kappa shape index (κ1) is 63.0. The second kappa shape index (κ2) is 27.5. The van der Waals surface area contributed by atoms with Crippen molar-refractivity contribution in [2.75, 3.05) is 39.6 Å². The summed E-state index contributed by atoms with van der Waals surface area (Å²) in [6, 6.07) is 15.2. The van der Waals surface area contributed by atoms with Gasteiger partial charge in [0.05, 0.1) is 45.2 Å². The van der Waals surface area contributed by atoms with Crippen molar-refractivity contribution in [1.29, 1.82) is 0 Å². The quantitative estimate of drug-likeness (QED) is 0.0776. The molecule has 24 rings (SSSR count). The predicted octanol–water partition coefficient (Wildman–Crippen LogP) is -9.02. The molecule has 12 bridgehead atoms. The minimum absolute atomic E-state index is 0.0933. The molecule has 0 spiro atoms. The van der Waals surface area contributed by atoms with Crippen molar-refractivity contribution in [3.05, 3.63) is 71.3 Å². The number of benzene rings is 2.